The van der Waals surface area contributed by atoms with E-state index in [4.69, 9.17) is 0 Å². The van der Waals surface area contributed by atoms with Crippen molar-refractivity contribution >= 4 is 28.5 Å². The van der Waals surface area contributed by atoms with E-state index in [1.807, 2.05) is 6.07 Å². The van der Waals surface area contributed by atoms with Crippen molar-refractivity contribution in [3.63, 3.8) is 0 Å². The molecule has 2 amide bonds. The third-order valence-corrected chi connectivity index (χ3v) is 8.69. The molecule has 9 nitrogen and oxygen atoms in total. The molecule has 6 rings (SSSR count). The van der Waals surface area contributed by atoms with E-state index in [1.54, 1.807) is 16.2 Å². The number of hydrogen-bond donors (Lipinski definition) is 2. The Kier molecular flexibility index (Phi) is 5.29. The van der Waals surface area contributed by atoms with Crippen molar-refractivity contribution in [2.45, 2.75) is 50.6 Å². The molecule has 1 unspecified atom stereocenters. The van der Waals surface area contributed by atoms with Crippen LogP contribution in [-0.2, 0) is 16.6 Å². The van der Waals surface area contributed by atoms with Gasteiger partial charge in [0.2, 0.25) is 11.8 Å². The van der Waals surface area contributed by atoms with Crippen LogP contribution in [0.4, 0.5) is 5.69 Å². The Balaban J connectivity index is 1.17. The van der Waals surface area contributed by atoms with E-state index in [1.165, 1.54) is 38.8 Å². The second-order valence-electron chi connectivity index (χ2n) is 10.7. The van der Waals surface area contributed by atoms with Gasteiger partial charge in [-0.2, -0.15) is 0 Å². The van der Waals surface area contributed by atoms with E-state index in [9.17, 15) is 14.4 Å². The van der Waals surface area contributed by atoms with Crippen LogP contribution in [0.3, 0.4) is 0 Å². The van der Waals surface area contributed by atoms with Crippen molar-refractivity contribution in [3.05, 3.63) is 28.7 Å². The normalized spacial score (nSPS) is 26.1. The topological polar surface area (TPSA) is 91.6 Å². The molecule has 4 saturated heterocycles. The average molecular weight is 467 g/mol. The van der Waals surface area contributed by atoms with E-state index in [0.717, 1.165) is 48.9 Å². The fourth-order valence-electron chi connectivity index (χ4n) is 6.58. The summed E-state index contributed by atoms with van der Waals surface area (Å²) in [6, 6.07) is 6.24. The van der Waals surface area contributed by atoms with Gasteiger partial charge in [0.25, 0.3) is 0 Å². The van der Waals surface area contributed by atoms with Crippen LogP contribution < -0.4 is 21.2 Å². The number of piperidine rings is 3. The molecular weight excluding hydrogens is 432 g/mol. The molecule has 182 valence electrons. The zero-order chi connectivity index (χ0) is 23.4. The molecule has 0 bridgehead atoms. The standard InChI is InChI=1S/C25H34N6O3/c1-28-21-14-18(2-3-19(21)31(24(28)34)20-4-5-22(32)27-23(20)33)29-12-8-25(9-13-29)15-30(16-25)17-6-10-26-11-7-17/h2-3,14,17,20,26H,4-13,15-16H2,1H3,(H,27,32,33). The number of anilines is 1. The number of benzene rings is 1. The van der Waals surface area contributed by atoms with Crippen LogP contribution in [0.1, 0.15) is 44.6 Å². The number of carbonyl (C=O) groups excluding carboxylic acids is 2. The van der Waals surface area contributed by atoms with Crippen LogP contribution in [0.15, 0.2) is 23.0 Å². The highest BCUT2D eigenvalue weighted by Gasteiger charge is 2.47. The molecular formula is C25H34N6O3. The number of imidazole rings is 1. The lowest BCUT2D eigenvalue weighted by atomic mass is 9.71. The van der Waals surface area contributed by atoms with Gasteiger partial charge in [0.1, 0.15) is 6.04 Å². The number of aromatic nitrogens is 2. The number of aryl methyl sites for hydroxylation is 1. The van der Waals surface area contributed by atoms with E-state index in [0.29, 0.717) is 11.8 Å². The fourth-order valence-corrected chi connectivity index (χ4v) is 6.58. The van der Waals surface area contributed by atoms with Crippen LogP contribution in [0.25, 0.3) is 11.0 Å². The van der Waals surface area contributed by atoms with Gasteiger partial charge in [0.05, 0.1) is 11.0 Å². The maximum absolute atomic E-state index is 13.0. The Bertz CT molecular complexity index is 1180. The molecule has 4 aliphatic rings. The summed E-state index contributed by atoms with van der Waals surface area (Å²) in [6.07, 6.45) is 5.58. The van der Waals surface area contributed by atoms with Crippen molar-refractivity contribution in [2.75, 3.05) is 44.2 Å². The smallest absolute Gasteiger partial charge is 0.329 e. The van der Waals surface area contributed by atoms with E-state index >= 15 is 0 Å². The maximum atomic E-state index is 13.0. The van der Waals surface area contributed by atoms with Crippen LogP contribution in [-0.4, -0.2) is 71.2 Å². The molecule has 1 aromatic carbocycles. The quantitative estimate of drug-likeness (QED) is 0.655. The van der Waals surface area contributed by atoms with Crippen molar-refractivity contribution in [1.82, 2.24) is 24.7 Å². The van der Waals surface area contributed by atoms with E-state index in [-0.39, 0.29) is 18.0 Å². The molecule has 0 aliphatic carbocycles. The minimum absolute atomic E-state index is 0.216. The Morgan fingerprint density at radius 2 is 1.71 bits per heavy atom. The predicted molar refractivity (Wildman–Crippen MR) is 130 cm³/mol. The van der Waals surface area contributed by atoms with Gasteiger partial charge in [-0.3, -0.25) is 28.9 Å². The zero-order valence-corrected chi connectivity index (χ0v) is 19.9. The van der Waals surface area contributed by atoms with Crippen LogP contribution in [0.2, 0.25) is 0 Å². The average Bonchev–Trinajstić information content (AvgIpc) is 3.08. The minimum atomic E-state index is -0.642. The Morgan fingerprint density at radius 1 is 0.971 bits per heavy atom. The highest BCUT2D eigenvalue weighted by atomic mass is 16.2. The number of nitrogens with zero attached hydrogens (tertiary/aromatic N) is 4. The molecule has 2 aromatic rings. The molecule has 5 heterocycles. The summed E-state index contributed by atoms with van der Waals surface area (Å²) in [7, 11) is 1.76. The summed E-state index contributed by atoms with van der Waals surface area (Å²) in [5, 5.41) is 5.84. The first-order chi connectivity index (χ1) is 16.4. The molecule has 4 fully saturated rings. The first kappa shape index (κ1) is 21.9. The second-order valence-corrected chi connectivity index (χ2v) is 10.7. The third-order valence-electron chi connectivity index (χ3n) is 8.69. The number of amides is 2. The van der Waals surface area contributed by atoms with Crippen molar-refractivity contribution in [1.29, 1.82) is 0 Å². The highest BCUT2D eigenvalue weighted by Crippen LogP contribution is 2.43. The van der Waals surface area contributed by atoms with Crippen molar-refractivity contribution in [2.24, 2.45) is 12.5 Å². The number of hydrogen-bond acceptors (Lipinski definition) is 6. The number of imide groups is 1. The van der Waals surface area contributed by atoms with Gasteiger partial charge < -0.3 is 10.2 Å². The fraction of sp³-hybridized carbons (Fsp3) is 0.640. The summed E-state index contributed by atoms with van der Waals surface area (Å²) < 4.78 is 3.17. The Hall–Kier alpha value is -2.65. The van der Waals surface area contributed by atoms with Gasteiger partial charge in [0, 0.05) is 51.4 Å². The Morgan fingerprint density at radius 3 is 2.41 bits per heavy atom. The monoisotopic (exact) mass is 466 g/mol. The van der Waals surface area contributed by atoms with E-state index in [2.05, 4.69) is 32.6 Å². The number of carbonyl (C=O) groups is 2. The molecule has 1 spiro atoms. The summed E-state index contributed by atoms with van der Waals surface area (Å²) in [5.41, 5.74) is 2.97. The summed E-state index contributed by atoms with van der Waals surface area (Å²) in [4.78, 5) is 42.2. The third kappa shape index (κ3) is 3.56. The molecule has 1 aromatic heterocycles. The largest absolute Gasteiger partial charge is 0.371 e. The van der Waals surface area contributed by atoms with Crippen molar-refractivity contribution in [3.8, 4) is 0 Å². The van der Waals surface area contributed by atoms with Crippen LogP contribution in [0, 0.1) is 5.41 Å². The predicted octanol–water partition coefficient (Wildman–Crippen LogP) is 0.972. The minimum Gasteiger partial charge on any atom is -0.371 e. The summed E-state index contributed by atoms with van der Waals surface area (Å²) >= 11 is 0. The van der Waals surface area contributed by atoms with Gasteiger partial charge in [-0.25, -0.2) is 4.79 Å². The lowest BCUT2D eigenvalue weighted by Gasteiger charge is -2.57. The molecule has 4 aliphatic heterocycles. The van der Waals surface area contributed by atoms with Gasteiger partial charge in [-0.15, -0.1) is 0 Å². The highest BCUT2D eigenvalue weighted by molar-refractivity contribution is 6.00. The lowest BCUT2D eigenvalue weighted by molar-refractivity contribution is -0.135. The van der Waals surface area contributed by atoms with Crippen LogP contribution >= 0.6 is 0 Å². The molecule has 1 atom stereocenters. The van der Waals surface area contributed by atoms with Gasteiger partial charge in [-0.1, -0.05) is 0 Å². The lowest BCUT2D eigenvalue weighted by Crippen LogP contribution is -2.64. The summed E-state index contributed by atoms with van der Waals surface area (Å²) in [6.45, 7) is 6.86. The first-order valence-electron chi connectivity index (χ1n) is 12.7. The second kappa shape index (κ2) is 8.23. The van der Waals surface area contributed by atoms with Gasteiger partial charge >= 0.3 is 5.69 Å². The number of rotatable bonds is 3. The number of likely N-dealkylation sites (tertiary alicyclic amines) is 1. The zero-order valence-electron chi connectivity index (χ0n) is 19.9. The SMILES string of the molecule is Cn1c(=O)n(C2CCC(=O)NC2=O)c2ccc(N3CCC4(CC3)CN(C3CCNCC3)C4)cc21. The molecule has 2 N–H and O–H groups in total. The van der Waals surface area contributed by atoms with Gasteiger partial charge in [0.15, 0.2) is 0 Å². The molecule has 34 heavy (non-hydrogen) atoms. The molecule has 0 radical (unpaired) electrons. The molecule has 9 heteroatoms. The van der Waals surface area contributed by atoms with Crippen molar-refractivity contribution < 1.29 is 9.59 Å². The van der Waals surface area contributed by atoms with Gasteiger partial charge in [-0.05, 0) is 68.8 Å². The van der Waals surface area contributed by atoms with Crippen LogP contribution in [0.5, 0.6) is 0 Å². The Labute approximate surface area is 199 Å². The summed E-state index contributed by atoms with van der Waals surface area (Å²) in [5.74, 6) is -0.666. The number of fused-ring (bicyclic) bond motifs is 1. The molecule has 0 saturated carbocycles. The van der Waals surface area contributed by atoms with E-state index < -0.39 is 11.9 Å². The maximum Gasteiger partial charge on any atom is 0.329 e. The number of nitrogens with one attached hydrogen (secondary N) is 2. The first-order valence-corrected chi connectivity index (χ1v) is 12.7.